The fraction of sp³-hybridized carbons (Fsp3) is 0.200. The standard InChI is InChI=1S/C15H13N3O3S3/c1-3-21-14(20)9-7-23-15(17-9)18-12(19)11-8(2)16-13(24-11)10-5-4-6-22-10/h4-7H,3H2,1-2H3,(H,17,18,19). The van der Waals surface area contributed by atoms with Gasteiger partial charge in [0.05, 0.1) is 17.2 Å². The second-order valence-electron chi connectivity index (χ2n) is 4.62. The van der Waals surface area contributed by atoms with Crippen LogP contribution in [0, 0.1) is 6.92 Å². The van der Waals surface area contributed by atoms with Crippen molar-refractivity contribution in [3.05, 3.63) is 39.2 Å². The Morgan fingerprint density at radius 3 is 2.83 bits per heavy atom. The van der Waals surface area contributed by atoms with Crippen molar-refractivity contribution in [1.29, 1.82) is 0 Å². The summed E-state index contributed by atoms with van der Waals surface area (Å²) in [5.41, 5.74) is 0.862. The van der Waals surface area contributed by atoms with Gasteiger partial charge in [-0.15, -0.1) is 34.0 Å². The van der Waals surface area contributed by atoms with Gasteiger partial charge in [-0.1, -0.05) is 6.07 Å². The number of amides is 1. The van der Waals surface area contributed by atoms with Gasteiger partial charge in [0.2, 0.25) is 0 Å². The number of rotatable bonds is 5. The molecule has 0 spiro atoms. The Balaban J connectivity index is 1.75. The van der Waals surface area contributed by atoms with Crippen LogP contribution in [-0.4, -0.2) is 28.5 Å². The fourth-order valence-corrected chi connectivity index (χ4v) is 4.33. The molecule has 3 heterocycles. The molecule has 0 aliphatic carbocycles. The normalized spacial score (nSPS) is 10.6. The van der Waals surface area contributed by atoms with E-state index in [1.807, 2.05) is 17.5 Å². The van der Waals surface area contributed by atoms with Crippen molar-refractivity contribution >= 4 is 51.0 Å². The van der Waals surface area contributed by atoms with Gasteiger partial charge in [-0.05, 0) is 25.3 Å². The van der Waals surface area contributed by atoms with Gasteiger partial charge in [-0.25, -0.2) is 14.8 Å². The van der Waals surface area contributed by atoms with Crippen molar-refractivity contribution in [2.75, 3.05) is 11.9 Å². The summed E-state index contributed by atoms with van der Waals surface area (Å²) in [5.74, 6) is -0.777. The third-order valence-electron chi connectivity index (χ3n) is 2.94. The number of esters is 1. The Morgan fingerprint density at radius 1 is 1.29 bits per heavy atom. The highest BCUT2D eigenvalue weighted by atomic mass is 32.1. The van der Waals surface area contributed by atoms with E-state index in [-0.39, 0.29) is 18.2 Å². The SMILES string of the molecule is CCOC(=O)c1csc(NC(=O)c2sc(-c3cccs3)nc2C)n1. The number of nitrogens with one attached hydrogen (secondary N) is 1. The summed E-state index contributed by atoms with van der Waals surface area (Å²) in [4.78, 5) is 34.1. The molecule has 3 aromatic rings. The Bertz CT molecular complexity index is 868. The Kier molecular flexibility index (Phi) is 5.03. The van der Waals surface area contributed by atoms with E-state index in [4.69, 9.17) is 4.74 Å². The van der Waals surface area contributed by atoms with E-state index in [0.717, 1.165) is 9.88 Å². The molecule has 0 radical (unpaired) electrons. The third-order valence-corrected chi connectivity index (χ3v) is 5.90. The smallest absolute Gasteiger partial charge is 0.357 e. The molecule has 0 unspecified atom stereocenters. The van der Waals surface area contributed by atoms with Crippen LogP contribution in [0.1, 0.15) is 32.8 Å². The van der Waals surface area contributed by atoms with Crippen LogP contribution >= 0.6 is 34.0 Å². The van der Waals surface area contributed by atoms with Gasteiger partial charge in [-0.3, -0.25) is 10.1 Å². The second-order valence-corrected chi connectivity index (χ2v) is 7.43. The van der Waals surface area contributed by atoms with Crippen molar-refractivity contribution in [3.63, 3.8) is 0 Å². The van der Waals surface area contributed by atoms with E-state index in [0.29, 0.717) is 15.7 Å². The minimum Gasteiger partial charge on any atom is -0.461 e. The number of thiophene rings is 1. The average Bonchev–Trinajstić information content (AvgIpc) is 3.26. The summed E-state index contributed by atoms with van der Waals surface area (Å²) >= 11 is 4.10. The van der Waals surface area contributed by atoms with Gasteiger partial charge >= 0.3 is 5.97 Å². The first kappa shape index (κ1) is 16.7. The first-order valence-corrected chi connectivity index (χ1v) is 9.61. The number of carbonyl (C=O) groups is 2. The van der Waals surface area contributed by atoms with Gasteiger partial charge in [0.1, 0.15) is 9.88 Å². The molecule has 1 N–H and O–H groups in total. The quantitative estimate of drug-likeness (QED) is 0.676. The molecule has 0 fully saturated rings. The topological polar surface area (TPSA) is 81.2 Å². The number of aryl methyl sites for hydroxylation is 1. The van der Waals surface area contributed by atoms with Crippen LogP contribution in [0.5, 0.6) is 0 Å². The van der Waals surface area contributed by atoms with Gasteiger partial charge in [0.25, 0.3) is 5.91 Å². The van der Waals surface area contributed by atoms with E-state index < -0.39 is 5.97 Å². The maximum absolute atomic E-state index is 12.4. The zero-order valence-electron chi connectivity index (χ0n) is 12.9. The molecular formula is C15H13N3O3S3. The minimum absolute atomic E-state index is 0.192. The van der Waals surface area contributed by atoms with E-state index in [1.165, 1.54) is 22.7 Å². The zero-order chi connectivity index (χ0) is 17.1. The van der Waals surface area contributed by atoms with Crippen molar-refractivity contribution in [2.45, 2.75) is 13.8 Å². The minimum atomic E-state index is -0.497. The number of nitrogens with zero attached hydrogens (tertiary/aromatic N) is 2. The first-order valence-electron chi connectivity index (χ1n) is 7.03. The molecule has 0 bridgehead atoms. The van der Waals surface area contributed by atoms with Gasteiger partial charge in [0, 0.05) is 5.38 Å². The predicted molar refractivity (Wildman–Crippen MR) is 96.2 cm³/mol. The number of anilines is 1. The zero-order valence-corrected chi connectivity index (χ0v) is 15.3. The molecule has 3 rings (SSSR count). The van der Waals surface area contributed by atoms with Gasteiger partial charge in [0.15, 0.2) is 10.8 Å². The van der Waals surface area contributed by atoms with E-state index >= 15 is 0 Å². The van der Waals surface area contributed by atoms with Crippen molar-refractivity contribution in [2.24, 2.45) is 0 Å². The molecule has 0 aliphatic rings. The highest BCUT2D eigenvalue weighted by Crippen LogP contribution is 2.31. The summed E-state index contributed by atoms with van der Waals surface area (Å²) < 4.78 is 4.88. The van der Waals surface area contributed by atoms with Crippen LogP contribution in [0.15, 0.2) is 22.9 Å². The van der Waals surface area contributed by atoms with Crippen LogP contribution in [-0.2, 0) is 4.74 Å². The number of aromatic nitrogens is 2. The van der Waals surface area contributed by atoms with E-state index in [1.54, 1.807) is 30.6 Å². The molecule has 24 heavy (non-hydrogen) atoms. The number of carbonyl (C=O) groups excluding carboxylic acids is 2. The maximum Gasteiger partial charge on any atom is 0.357 e. The summed E-state index contributed by atoms with van der Waals surface area (Å²) in [5, 5.41) is 7.41. The van der Waals surface area contributed by atoms with Crippen molar-refractivity contribution in [1.82, 2.24) is 9.97 Å². The molecule has 0 saturated heterocycles. The summed E-state index contributed by atoms with van der Waals surface area (Å²) in [6.07, 6.45) is 0. The molecular weight excluding hydrogens is 366 g/mol. The van der Waals surface area contributed by atoms with Gasteiger partial charge < -0.3 is 4.74 Å². The van der Waals surface area contributed by atoms with E-state index in [2.05, 4.69) is 15.3 Å². The average molecular weight is 379 g/mol. The lowest BCUT2D eigenvalue weighted by Gasteiger charge is -1.99. The molecule has 0 atom stereocenters. The number of hydrogen-bond acceptors (Lipinski definition) is 8. The van der Waals surface area contributed by atoms with Crippen LogP contribution < -0.4 is 5.32 Å². The lowest BCUT2D eigenvalue weighted by atomic mass is 10.4. The lowest BCUT2D eigenvalue weighted by Crippen LogP contribution is -2.12. The van der Waals surface area contributed by atoms with Crippen LogP contribution in [0.25, 0.3) is 9.88 Å². The maximum atomic E-state index is 12.4. The molecule has 3 aromatic heterocycles. The molecule has 124 valence electrons. The number of ether oxygens (including phenoxy) is 1. The van der Waals surface area contributed by atoms with Gasteiger partial charge in [-0.2, -0.15) is 0 Å². The van der Waals surface area contributed by atoms with Crippen LogP contribution in [0.3, 0.4) is 0 Å². The fourth-order valence-electron chi connectivity index (χ4n) is 1.90. The summed E-state index contributed by atoms with van der Waals surface area (Å²) in [7, 11) is 0. The van der Waals surface area contributed by atoms with Crippen LogP contribution in [0.4, 0.5) is 5.13 Å². The molecule has 1 amide bonds. The Labute approximate surface area is 150 Å². The number of thiazole rings is 2. The summed E-state index contributed by atoms with van der Waals surface area (Å²) in [6.45, 7) is 3.81. The van der Waals surface area contributed by atoms with Crippen molar-refractivity contribution in [3.8, 4) is 9.88 Å². The van der Waals surface area contributed by atoms with Crippen molar-refractivity contribution < 1.29 is 14.3 Å². The molecule has 0 aromatic carbocycles. The molecule has 0 aliphatic heterocycles. The number of hydrogen-bond donors (Lipinski definition) is 1. The lowest BCUT2D eigenvalue weighted by molar-refractivity contribution is 0.0520. The third kappa shape index (κ3) is 3.53. The monoisotopic (exact) mass is 379 g/mol. The Hall–Kier alpha value is -2.10. The predicted octanol–water partition coefficient (Wildman–Crippen LogP) is 4.07. The van der Waals surface area contributed by atoms with Crippen LogP contribution in [0.2, 0.25) is 0 Å². The molecule has 0 saturated carbocycles. The highest BCUT2D eigenvalue weighted by Gasteiger charge is 2.19. The Morgan fingerprint density at radius 2 is 2.12 bits per heavy atom. The second kappa shape index (κ2) is 7.20. The molecule has 9 heteroatoms. The van der Waals surface area contributed by atoms with E-state index in [9.17, 15) is 9.59 Å². The highest BCUT2D eigenvalue weighted by molar-refractivity contribution is 7.22. The largest absolute Gasteiger partial charge is 0.461 e. The summed E-state index contributed by atoms with van der Waals surface area (Å²) in [6, 6.07) is 3.92. The molecule has 6 nitrogen and oxygen atoms in total. The first-order chi connectivity index (χ1) is 11.6.